The maximum absolute atomic E-state index is 10.7. The van der Waals surface area contributed by atoms with Crippen molar-refractivity contribution in [1.29, 1.82) is 0 Å². The molecule has 0 saturated carbocycles. The summed E-state index contributed by atoms with van der Waals surface area (Å²) in [4.78, 5) is 7.93. The van der Waals surface area contributed by atoms with Crippen molar-refractivity contribution in [3.63, 3.8) is 0 Å². The molecule has 0 bridgehead atoms. The van der Waals surface area contributed by atoms with Gasteiger partial charge in [0.2, 0.25) is 0 Å². The van der Waals surface area contributed by atoms with Crippen LogP contribution in [0.1, 0.15) is 47.2 Å². The Balaban J connectivity index is 0.000000610. The van der Waals surface area contributed by atoms with E-state index in [1.165, 1.54) is 14.7 Å². The van der Waals surface area contributed by atoms with E-state index < -0.39 is 15.6 Å². The molecule has 0 aliphatic heterocycles. The Morgan fingerprint density at radius 1 is 0.667 bits per heavy atom. The topological polar surface area (TPSA) is 95.0 Å². The van der Waals surface area contributed by atoms with Crippen LogP contribution in [-0.4, -0.2) is 34.7 Å². The first-order valence-corrected chi connectivity index (χ1v) is 16.4. The summed E-state index contributed by atoms with van der Waals surface area (Å²) in [5.41, 5.74) is -5.16. The smallest absolute Gasteiger partial charge is 0.488 e. The summed E-state index contributed by atoms with van der Waals surface area (Å²) in [5.74, 6) is 3.28. The zero-order valence-electron chi connectivity index (χ0n) is 26.0. The number of rotatable bonds is 7. The molecule has 1 heterocycles. The molecule has 3 aromatic carbocycles. The van der Waals surface area contributed by atoms with E-state index in [-0.39, 0.29) is 22.1 Å². The largest absolute Gasteiger partial charge is 0.522 e. The van der Waals surface area contributed by atoms with Gasteiger partial charge in [-0.15, -0.1) is 0 Å². The van der Waals surface area contributed by atoms with E-state index in [0.717, 1.165) is 28.7 Å². The molecule has 45 heavy (non-hydrogen) atoms. The van der Waals surface area contributed by atoms with Gasteiger partial charge in [-0.3, -0.25) is 9.54 Å². The minimum absolute atomic E-state index is 0.242. The van der Waals surface area contributed by atoms with E-state index in [9.17, 15) is 13.2 Å². The molecule has 0 unspecified atom stereocenters. The highest BCUT2D eigenvalue weighted by Gasteiger charge is 2.44. The number of aromatic nitrogens is 1. The molecule has 0 radical (unpaired) electrons. The standard InChI is InChI=1S/C32H36NO3S.CHF3O3S/c1-23-30(9-8-22-33-23)34-24-10-16-27(17-11-24)37(28-18-12-25(13-19-28)35-31(2,3)4)29-20-14-26(15-21-29)36-32(5,6)7;2-1(3,4)8(5,6)7/h8-22H,1-7H3;(H,5,6,7)/q+1;. The molecule has 4 rings (SSSR count). The second-order valence-electron chi connectivity index (χ2n) is 11.8. The molecule has 0 aliphatic carbocycles. The van der Waals surface area contributed by atoms with Crippen molar-refractivity contribution in [1.82, 2.24) is 4.98 Å². The van der Waals surface area contributed by atoms with Gasteiger partial charge < -0.3 is 14.2 Å². The van der Waals surface area contributed by atoms with E-state index in [4.69, 9.17) is 27.2 Å². The van der Waals surface area contributed by atoms with Gasteiger partial charge in [0.25, 0.3) is 0 Å². The number of ether oxygens (including phenoxy) is 3. The van der Waals surface area contributed by atoms with Gasteiger partial charge in [-0.05, 0) is 133 Å². The fraction of sp³-hybridized carbons (Fsp3) is 0.303. The molecule has 0 amide bonds. The average molecular weight is 665 g/mol. The van der Waals surface area contributed by atoms with Crippen molar-refractivity contribution in [3.8, 4) is 23.0 Å². The van der Waals surface area contributed by atoms with Gasteiger partial charge in [0.05, 0.1) is 16.6 Å². The highest BCUT2D eigenvalue weighted by molar-refractivity contribution is 7.97. The molecule has 1 N–H and O–H groups in total. The summed E-state index contributed by atoms with van der Waals surface area (Å²) in [6.07, 6.45) is 1.77. The van der Waals surface area contributed by atoms with Crippen LogP contribution in [-0.2, 0) is 21.0 Å². The van der Waals surface area contributed by atoms with Crippen LogP contribution in [0.15, 0.2) is 106 Å². The van der Waals surface area contributed by atoms with Crippen LogP contribution in [0.5, 0.6) is 23.0 Å². The van der Waals surface area contributed by atoms with E-state index in [0.29, 0.717) is 0 Å². The second-order valence-corrected chi connectivity index (χ2v) is 15.2. The molecule has 1 aromatic heterocycles. The highest BCUT2D eigenvalue weighted by Crippen LogP contribution is 2.35. The Morgan fingerprint density at radius 3 is 1.33 bits per heavy atom. The Kier molecular flexibility index (Phi) is 11.2. The molecular weight excluding hydrogens is 627 g/mol. The van der Waals surface area contributed by atoms with Crippen molar-refractivity contribution in [2.24, 2.45) is 0 Å². The van der Waals surface area contributed by atoms with Crippen molar-refractivity contribution in [2.45, 2.75) is 79.9 Å². The third kappa shape index (κ3) is 11.3. The van der Waals surface area contributed by atoms with Crippen LogP contribution >= 0.6 is 0 Å². The zero-order chi connectivity index (χ0) is 33.6. The summed E-state index contributed by atoms with van der Waals surface area (Å²) < 4.78 is 75.7. The molecule has 12 heteroatoms. The summed E-state index contributed by atoms with van der Waals surface area (Å²) in [6.45, 7) is 14.3. The number of pyridine rings is 1. The molecule has 0 aliphatic rings. The number of halogens is 3. The number of benzene rings is 3. The Bertz CT molecular complexity index is 1590. The first-order chi connectivity index (χ1) is 20.7. The van der Waals surface area contributed by atoms with Crippen LogP contribution in [0.3, 0.4) is 0 Å². The van der Waals surface area contributed by atoms with Crippen LogP contribution in [0.4, 0.5) is 13.2 Å². The maximum Gasteiger partial charge on any atom is 0.522 e. The normalized spacial score (nSPS) is 12.3. The van der Waals surface area contributed by atoms with E-state index in [1.807, 2.05) is 31.2 Å². The van der Waals surface area contributed by atoms with E-state index in [2.05, 4.69) is 107 Å². The van der Waals surface area contributed by atoms with Gasteiger partial charge in [-0.2, -0.15) is 21.6 Å². The zero-order valence-corrected chi connectivity index (χ0v) is 27.7. The number of hydrogen-bond donors (Lipinski definition) is 1. The van der Waals surface area contributed by atoms with E-state index in [1.54, 1.807) is 6.20 Å². The Morgan fingerprint density at radius 2 is 1.02 bits per heavy atom. The maximum atomic E-state index is 10.7. The van der Waals surface area contributed by atoms with Gasteiger partial charge in [0.15, 0.2) is 14.7 Å². The lowest BCUT2D eigenvalue weighted by molar-refractivity contribution is -0.0510. The van der Waals surface area contributed by atoms with E-state index >= 15 is 0 Å². The lowest BCUT2D eigenvalue weighted by Crippen LogP contribution is -2.23. The molecule has 0 atom stereocenters. The molecular formula is C33H37F3NO6S2+. The van der Waals surface area contributed by atoms with Gasteiger partial charge >= 0.3 is 15.6 Å². The number of alkyl halides is 3. The Hall–Kier alpha value is -3.74. The number of hydrogen-bond acceptors (Lipinski definition) is 6. The monoisotopic (exact) mass is 664 g/mol. The Labute approximate surface area is 265 Å². The fourth-order valence-corrected chi connectivity index (χ4v) is 5.79. The van der Waals surface area contributed by atoms with Crippen molar-refractivity contribution >= 4 is 21.0 Å². The van der Waals surface area contributed by atoms with Crippen LogP contribution in [0, 0.1) is 6.92 Å². The van der Waals surface area contributed by atoms with Crippen LogP contribution < -0.4 is 14.2 Å². The molecule has 0 fully saturated rings. The van der Waals surface area contributed by atoms with Crippen molar-refractivity contribution in [3.05, 3.63) is 96.8 Å². The molecule has 7 nitrogen and oxygen atoms in total. The fourth-order valence-electron chi connectivity index (χ4n) is 3.75. The first kappa shape index (κ1) is 35.7. The molecule has 242 valence electrons. The second kappa shape index (κ2) is 14.1. The number of aryl methyl sites for hydroxylation is 1. The quantitative estimate of drug-likeness (QED) is 0.120. The summed E-state index contributed by atoms with van der Waals surface area (Å²) in [6, 6.07) is 29.0. The summed E-state index contributed by atoms with van der Waals surface area (Å²) >= 11 is 0. The predicted molar refractivity (Wildman–Crippen MR) is 169 cm³/mol. The summed E-state index contributed by atoms with van der Waals surface area (Å²) in [7, 11) is -6.16. The van der Waals surface area contributed by atoms with Gasteiger partial charge in [-0.1, -0.05) is 0 Å². The third-order valence-electron chi connectivity index (χ3n) is 5.51. The molecule has 0 saturated heterocycles. The van der Waals surface area contributed by atoms with Crippen LogP contribution in [0.2, 0.25) is 0 Å². The van der Waals surface area contributed by atoms with Crippen LogP contribution in [0.25, 0.3) is 0 Å². The average Bonchev–Trinajstić information content (AvgIpc) is 2.91. The summed E-state index contributed by atoms with van der Waals surface area (Å²) in [5, 5.41) is 0. The minimum atomic E-state index is -5.84. The minimum Gasteiger partial charge on any atom is -0.488 e. The van der Waals surface area contributed by atoms with Gasteiger partial charge in [0, 0.05) is 6.20 Å². The van der Waals surface area contributed by atoms with Gasteiger partial charge in [-0.25, -0.2) is 0 Å². The molecule has 0 spiro atoms. The van der Waals surface area contributed by atoms with Crippen molar-refractivity contribution in [2.75, 3.05) is 0 Å². The molecule has 4 aromatic rings. The van der Waals surface area contributed by atoms with Gasteiger partial charge in [0.1, 0.15) is 34.2 Å². The highest BCUT2D eigenvalue weighted by atomic mass is 32.2. The lowest BCUT2D eigenvalue weighted by atomic mass is 10.2. The predicted octanol–water partition coefficient (Wildman–Crippen LogP) is 9.03. The SMILES string of the molecule is Cc1ncccc1Oc1ccc([S+](c2ccc(OC(C)(C)C)cc2)c2ccc(OC(C)(C)C)cc2)cc1.O=S(=O)(O)C(F)(F)F. The number of nitrogens with zero attached hydrogens (tertiary/aromatic N) is 1. The third-order valence-corrected chi connectivity index (χ3v) is 8.32. The van der Waals surface area contributed by atoms with Crippen molar-refractivity contribution < 1.29 is 40.4 Å². The first-order valence-electron chi connectivity index (χ1n) is 13.8. The lowest BCUT2D eigenvalue weighted by Gasteiger charge is -2.21.